The summed E-state index contributed by atoms with van der Waals surface area (Å²) in [5.74, 6) is 0.850. The molecule has 0 radical (unpaired) electrons. The van der Waals surface area contributed by atoms with E-state index in [9.17, 15) is 13.2 Å². The molecule has 1 amide bonds. The summed E-state index contributed by atoms with van der Waals surface area (Å²) in [6.07, 6.45) is 2.27. The topological polar surface area (TPSA) is 107 Å². The zero-order chi connectivity index (χ0) is 20.9. The van der Waals surface area contributed by atoms with Gasteiger partial charge in [-0.15, -0.1) is 5.10 Å². The van der Waals surface area contributed by atoms with E-state index >= 15 is 0 Å². The second-order valence-corrected chi connectivity index (χ2v) is 10.0. The van der Waals surface area contributed by atoms with Gasteiger partial charge >= 0.3 is 0 Å². The van der Waals surface area contributed by atoms with Crippen LogP contribution in [0.1, 0.15) is 26.2 Å². The number of aromatic nitrogens is 4. The first kappa shape index (κ1) is 21.6. The maximum absolute atomic E-state index is 12.9. The van der Waals surface area contributed by atoms with E-state index in [-0.39, 0.29) is 29.2 Å². The number of tetrazole rings is 1. The molecule has 1 saturated heterocycles. The molecule has 0 N–H and O–H groups in total. The van der Waals surface area contributed by atoms with Crippen LogP contribution in [0.3, 0.4) is 0 Å². The first-order valence-electron chi connectivity index (χ1n) is 9.49. The van der Waals surface area contributed by atoms with Crippen molar-refractivity contribution in [3.63, 3.8) is 0 Å². The number of hydrogen-bond acceptors (Lipinski definition) is 8. The summed E-state index contributed by atoms with van der Waals surface area (Å²) in [6.45, 7) is 2.61. The Balaban J connectivity index is 1.71. The fourth-order valence-corrected chi connectivity index (χ4v) is 5.80. The van der Waals surface area contributed by atoms with Crippen LogP contribution in [-0.4, -0.2) is 76.4 Å². The summed E-state index contributed by atoms with van der Waals surface area (Å²) in [5, 5.41) is 12.2. The average Bonchev–Trinajstić information content (AvgIpc) is 3.32. The molecule has 9 nitrogen and oxygen atoms in total. The normalized spacial score (nSPS) is 17.9. The van der Waals surface area contributed by atoms with Gasteiger partial charge in [0.05, 0.1) is 24.4 Å². The molecule has 1 aliphatic heterocycles. The van der Waals surface area contributed by atoms with E-state index in [1.54, 1.807) is 12.0 Å². The number of carbonyl (C=O) groups is 1. The predicted octanol–water partition coefficient (Wildman–Crippen LogP) is 1.58. The van der Waals surface area contributed by atoms with E-state index < -0.39 is 9.84 Å². The van der Waals surface area contributed by atoms with Crippen molar-refractivity contribution in [2.24, 2.45) is 0 Å². The molecule has 11 heteroatoms. The van der Waals surface area contributed by atoms with Crippen LogP contribution in [0, 0.1) is 0 Å². The number of unbranched alkanes of at least 4 members (excludes halogenated alkanes) is 1. The second kappa shape index (κ2) is 9.57. The smallest absolute Gasteiger partial charge is 0.233 e. The van der Waals surface area contributed by atoms with Gasteiger partial charge in [0.25, 0.3) is 0 Å². The molecular weight excluding hydrogens is 414 g/mol. The molecule has 0 unspecified atom stereocenters. The summed E-state index contributed by atoms with van der Waals surface area (Å²) in [5.41, 5.74) is 0.680. The van der Waals surface area contributed by atoms with Crippen molar-refractivity contribution >= 4 is 27.5 Å². The number of hydrogen-bond donors (Lipinski definition) is 0. The van der Waals surface area contributed by atoms with Gasteiger partial charge in [0.1, 0.15) is 11.4 Å². The minimum Gasteiger partial charge on any atom is -0.494 e. The Hall–Kier alpha value is -2.14. The molecule has 1 aromatic carbocycles. The van der Waals surface area contributed by atoms with E-state index in [1.807, 2.05) is 31.2 Å². The SMILES string of the molecule is CCCCN(C(=O)CSc1nnnn1-c1ccccc1OC)[C@H]1CCS(=O)(=O)C1. The zero-order valence-corrected chi connectivity index (χ0v) is 18.2. The fraction of sp³-hybridized carbons (Fsp3) is 0.556. The van der Waals surface area contributed by atoms with Gasteiger partial charge in [-0.3, -0.25) is 4.79 Å². The van der Waals surface area contributed by atoms with Gasteiger partial charge in [-0.2, -0.15) is 4.68 Å². The van der Waals surface area contributed by atoms with Crippen LogP contribution in [0.15, 0.2) is 29.4 Å². The first-order valence-corrected chi connectivity index (χ1v) is 12.3. The van der Waals surface area contributed by atoms with E-state index in [0.29, 0.717) is 29.6 Å². The van der Waals surface area contributed by atoms with Gasteiger partial charge in [0, 0.05) is 12.6 Å². The number of benzene rings is 1. The Morgan fingerprint density at radius 3 is 2.86 bits per heavy atom. The highest BCUT2D eigenvalue weighted by atomic mass is 32.2. The Kier molecular flexibility index (Phi) is 7.12. The maximum atomic E-state index is 12.9. The minimum absolute atomic E-state index is 0.0477. The van der Waals surface area contributed by atoms with Gasteiger partial charge in [-0.1, -0.05) is 37.2 Å². The number of methoxy groups -OCH3 is 1. The molecule has 2 heterocycles. The Bertz CT molecular complexity index is 947. The van der Waals surface area contributed by atoms with Crippen molar-refractivity contribution in [3.8, 4) is 11.4 Å². The highest BCUT2D eigenvalue weighted by molar-refractivity contribution is 7.99. The van der Waals surface area contributed by atoms with Crippen LogP contribution < -0.4 is 4.74 Å². The highest BCUT2D eigenvalue weighted by Crippen LogP contribution is 2.26. The molecule has 1 aliphatic rings. The van der Waals surface area contributed by atoms with Crippen molar-refractivity contribution in [1.29, 1.82) is 0 Å². The summed E-state index contributed by atoms with van der Waals surface area (Å²) < 4.78 is 30.6. The number of carbonyl (C=O) groups excluding carboxylic acids is 1. The van der Waals surface area contributed by atoms with Crippen LogP contribution in [-0.2, 0) is 14.6 Å². The molecule has 3 rings (SSSR count). The van der Waals surface area contributed by atoms with Gasteiger partial charge in [-0.05, 0) is 35.4 Å². The largest absolute Gasteiger partial charge is 0.494 e. The fourth-order valence-electron chi connectivity index (χ4n) is 3.29. The van der Waals surface area contributed by atoms with Crippen molar-refractivity contribution in [1.82, 2.24) is 25.1 Å². The standard InChI is InChI=1S/C18H25N5O4S2/c1-3-4-10-22(14-9-11-29(25,26)13-14)17(24)12-28-18-19-20-21-23(18)15-7-5-6-8-16(15)27-2/h5-8,14H,3-4,9-13H2,1-2H3/t14-/m0/s1. The number of ether oxygens (including phenoxy) is 1. The van der Waals surface area contributed by atoms with E-state index in [2.05, 4.69) is 15.5 Å². The van der Waals surface area contributed by atoms with Crippen LogP contribution >= 0.6 is 11.8 Å². The average molecular weight is 440 g/mol. The second-order valence-electron chi connectivity index (χ2n) is 6.83. The summed E-state index contributed by atoms with van der Waals surface area (Å²) in [7, 11) is -1.49. The molecule has 2 aromatic rings. The number of nitrogens with zero attached hydrogens (tertiary/aromatic N) is 5. The molecule has 158 valence electrons. The van der Waals surface area contributed by atoms with Gasteiger partial charge < -0.3 is 9.64 Å². The van der Waals surface area contributed by atoms with Crippen LogP contribution in [0.25, 0.3) is 5.69 Å². The van der Waals surface area contributed by atoms with Crippen LogP contribution in [0.4, 0.5) is 0 Å². The van der Waals surface area contributed by atoms with Crippen molar-refractivity contribution in [3.05, 3.63) is 24.3 Å². The molecule has 0 saturated carbocycles. The summed E-state index contributed by atoms with van der Waals surface area (Å²) in [4.78, 5) is 14.6. The third kappa shape index (κ3) is 5.27. The molecule has 1 atom stereocenters. The van der Waals surface area contributed by atoms with Crippen LogP contribution in [0.5, 0.6) is 5.75 Å². The highest BCUT2D eigenvalue weighted by Gasteiger charge is 2.34. The van der Waals surface area contributed by atoms with Crippen LogP contribution in [0.2, 0.25) is 0 Å². The number of rotatable bonds is 9. The quantitative estimate of drug-likeness (QED) is 0.542. The monoisotopic (exact) mass is 439 g/mol. The Morgan fingerprint density at radius 2 is 2.17 bits per heavy atom. The third-order valence-corrected chi connectivity index (χ3v) is 7.46. The van der Waals surface area contributed by atoms with Gasteiger partial charge in [-0.25, -0.2) is 8.42 Å². The maximum Gasteiger partial charge on any atom is 0.233 e. The zero-order valence-electron chi connectivity index (χ0n) is 16.5. The molecule has 1 aromatic heterocycles. The molecule has 29 heavy (non-hydrogen) atoms. The molecule has 0 aliphatic carbocycles. The Labute approximate surface area is 174 Å². The lowest BCUT2D eigenvalue weighted by molar-refractivity contribution is -0.130. The number of sulfone groups is 1. The number of thioether (sulfide) groups is 1. The van der Waals surface area contributed by atoms with E-state index in [1.165, 1.54) is 16.4 Å². The van der Waals surface area contributed by atoms with Crippen molar-refractivity contribution in [2.45, 2.75) is 37.4 Å². The first-order chi connectivity index (χ1) is 13.9. The van der Waals surface area contributed by atoms with Gasteiger partial charge in [0.2, 0.25) is 11.1 Å². The van der Waals surface area contributed by atoms with Gasteiger partial charge in [0.15, 0.2) is 9.84 Å². The third-order valence-electron chi connectivity index (χ3n) is 4.80. The Morgan fingerprint density at radius 1 is 1.38 bits per heavy atom. The van der Waals surface area contributed by atoms with E-state index in [4.69, 9.17) is 4.74 Å². The number of para-hydroxylation sites is 2. The van der Waals surface area contributed by atoms with Crippen molar-refractivity contribution < 1.29 is 17.9 Å². The number of amides is 1. The lowest BCUT2D eigenvalue weighted by Gasteiger charge is -2.28. The predicted molar refractivity (Wildman–Crippen MR) is 110 cm³/mol. The summed E-state index contributed by atoms with van der Waals surface area (Å²) in [6, 6.07) is 7.10. The molecule has 0 spiro atoms. The minimum atomic E-state index is -3.06. The summed E-state index contributed by atoms with van der Waals surface area (Å²) >= 11 is 1.23. The molecule has 1 fully saturated rings. The van der Waals surface area contributed by atoms with E-state index in [0.717, 1.165) is 12.8 Å². The molecule has 0 bridgehead atoms. The lowest BCUT2D eigenvalue weighted by Crippen LogP contribution is -2.42. The van der Waals surface area contributed by atoms with Crippen molar-refractivity contribution in [2.75, 3.05) is 30.9 Å². The lowest BCUT2D eigenvalue weighted by atomic mass is 10.2. The molecular formula is C18H25N5O4S2.